The fraction of sp³-hybridized carbons (Fsp3) is 0.172. The van der Waals surface area contributed by atoms with Crippen LogP contribution in [0.4, 0.5) is 5.69 Å². The van der Waals surface area contributed by atoms with Crippen molar-refractivity contribution in [2.45, 2.75) is 25.7 Å². The van der Waals surface area contributed by atoms with Gasteiger partial charge in [0.25, 0.3) is 0 Å². The number of nitrogens with zero attached hydrogens (tertiary/aromatic N) is 1. The van der Waals surface area contributed by atoms with E-state index in [9.17, 15) is 10.1 Å². The lowest BCUT2D eigenvalue weighted by atomic mass is 9.87. The van der Waals surface area contributed by atoms with Gasteiger partial charge in [0.2, 0.25) is 11.8 Å². The van der Waals surface area contributed by atoms with E-state index < -0.39 is 0 Å². The summed E-state index contributed by atoms with van der Waals surface area (Å²) >= 11 is 6.01. The van der Waals surface area contributed by atoms with Crippen molar-refractivity contribution in [3.8, 4) is 6.07 Å². The van der Waals surface area contributed by atoms with Crippen LogP contribution in [0.1, 0.15) is 42.4 Å². The van der Waals surface area contributed by atoms with Gasteiger partial charge in [0, 0.05) is 22.2 Å². The van der Waals surface area contributed by atoms with Crippen molar-refractivity contribution < 1.29 is 9.53 Å². The van der Waals surface area contributed by atoms with Crippen LogP contribution < -0.4 is 11.1 Å². The fourth-order valence-corrected chi connectivity index (χ4v) is 4.37. The first kappa shape index (κ1) is 24.1. The molecule has 0 bridgehead atoms. The Bertz CT molecular complexity index is 1300. The summed E-state index contributed by atoms with van der Waals surface area (Å²) in [6, 6.07) is 26.6. The molecule has 176 valence electrons. The van der Waals surface area contributed by atoms with Gasteiger partial charge in [-0.2, -0.15) is 5.26 Å². The number of nitrogens with two attached hydrogens (primary N) is 1. The molecule has 6 heteroatoms. The third-order valence-electron chi connectivity index (χ3n) is 6.01. The number of hydrogen-bond acceptors (Lipinski definition) is 4. The molecule has 0 spiro atoms. The molecule has 1 heterocycles. The van der Waals surface area contributed by atoms with Crippen LogP contribution in [-0.4, -0.2) is 5.91 Å². The van der Waals surface area contributed by atoms with E-state index in [-0.39, 0.29) is 29.5 Å². The minimum Gasteiger partial charge on any atom is -0.440 e. The Balaban J connectivity index is 1.54. The number of carbonyl (C=O) groups is 1. The second-order valence-electron chi connectivity index (χ2n) is 8.75. The van der Waals surface area contributed by atoms with Gasteiger partial charge in [0.05, 0.1) is 5.92 Å². The minimum absolute atomic E-state index is 0.0850. The maximum atomic E-state index is 13.1. The van der Waals surface area contributed by atoms with E-state index in [0.717, 1.165) is 16.7 Å². The Kier molecular flexibility index (Phi) is 7.24. The molecule has 3 N–H and O–H groups in total. The molecule has 2 atom stereocenters. The zero-order chi connectivity index (χ0) is 24.9. The van der Waals surface area contributed by atoms with Crippen LogP contribution in [0.25, 0.3) is 5.76 Å². The molecule has 0 aliphatic carbocycles. The molecule has 0 fully saturated rings. The zero-order valence-corrected chi connectivity index (χ0v) is 20.3. The van der Waals surface area contributed by atoms with Gasteiger partial charge < -0.3 is 15.8 Å². The number of rotatable bonds is 6. The average molecular weight is 484 g/mol. The molecule has 5 nitrogen and oxygen atoms in total. The van der Waals surface area contributed by atoms with Gasteiger partial charge in [-0.1, -0.05) is 67.9 Å². The van der Waals surface area contributed by atoms with Crippen LogP contribution in [0.15, 0.2) is 96.4 Å². The standard InChI is InChI=1S/C29H26ClN3O2/c1-18(2)27(21-8-12-22(30)13-9-21)29(34)33-23-14-10-20(11-15-23)26-16-24(19-6-4-3-5-7-19)25(17-31)28(32)35-26/h3-16,18,24,27H,32H2,1-2H3,(H,33,34). The van der Waals surface area contributed by atoms with Crippen molar-refractivity contribution in [2.75, 3.05) is 5.32 Å². The summed E-state index contributed by atoms with van der Waals surface area (Å²) in [6.45, 7) is 4.04. The predicted octanol–water partition coefficient (Wildman–Crippen LogP) is 6.57. The van der Waals surface area contributed by atoms with Crippen molar-refractivity contribution in [3.05, 3.63) is 118 Å². The summed E-state index contributed by atoms with van der Waals surface area (Å²) in [6.07, 6.45) is 1.90. The summed E-state index contributed by atoms with van der Waals surface area (Å²) in [4.78, 5) is 13.1. The van der Waals surface area contributed by atoms with E-state index in [0.29, 0.717) is 22.0 Å². The van der Waals surface area contributed by atoms with E-state index in [1.807, 2.05) is 86.7 Å². The average Bonchev–Trinajstić information content (AvgIpc) is 2.85. The topological polar surface area (TPSA) is 88.1 Å². The molecule has 1 amide bonds. The van der Waals surface area contributed by atoms with Crippen molar-refractivity contribution in [1.29, 1.82) is 5.26 Å². The summed E-state index contributed by atoms with van der Waals surface area (Å²) in [5.74, 6) is 0.0784. The lowest BCUT2D eigenvalue weighted by Gasteiger charge is -2.23. The second-order valence-corrected chi connectivity index (χ2v) is 9.19. The molecule has 35 heavy (non-hydrogen) atoms. The monoisotopic (exact) mass is 483 g/mol. The lowest BCUT2D eigenvalue weighted by molar-refractivity contribution is -0.118. The van der Waals surface area contributed by atoms with Crippen LogP contribution in [-0.2, 0) is 9.53 Å². The molecule has 1 aliphatic heterocycles. The fourth-order valence-electron chi connectivity index (χ4n) is 4.25. The van der Waals surface area contributed by atoms with Gasteiger partial charge >= 0.3 is 0 Å². The number of hydrogen-bond donors (Lipinski definition) is 2. The molecule has 0 saturated carbocycles. The molecule has 3 aromatic carbocycles. The Hall–Kier alpha value is -4.01. The Morgan fingerprint density at radius 1 is 1.03 bits per heavy atom. The van der Waals surface area contributed by atoms with Crippen molar-refractivity contribution in [2.24, 2.45) is 11.7 Å². The molecular weight excluding hydrogens is 458 g/mol. The third kappa shape index (κ3) is 5.40. The van der Waals surface area contributed by atoms with E-state index in [4.69, 9.17) is 22.1 Å². The third-order valence-corrected chi connectivity index (χ3v) is 6.26. The van der Waals surface area contributed by atoms with Gasteiger partial charge in [-0.15, -0.1) is 0 Å². The largest absolute Gasteiger partial charge is 0.440 e. The van der Waals surface area contributed by atoms with Gasteiger partial charge in [-0.3, -0.25) is 4.79 Å². The highest BCUT2D eigenvalue weighted by molar-refractivity contribution is 6.30. The Morgan fingerprint density at radius 2 is 1.69 bits per heavy atom. The quantitative estimate of drug-likeness (QED) is 0.415. The summed E-state index contributed by atoms with van der Waals surface area (Å²) in [5, 5.41) is 13.3. The van der Waals surface area contributed by atoms with E-state index >= 15 is 0 Å². The highest BCUT2D eigenvalue weighted by Gasteiger charge is 2.26. The Morgan fingerprint density at radius 3 is 2.29 bits per heavy atom. The van der Waals surface area contributed by atoms with Crippen molar-refractivity contribution in [1.82, 2.24) is 0 Å². The number of halogens is 1. The summed E-state index contributed by atoms with van der Waals surface area (Å²) in [5.41, 5.74) is 9.82. The minimum atomic E-state index is -0.308. The van der Waals surface area contributed by atoms with Gasteiger partial charge in [-0.05, 0) is 59.5 Å². The van der Waals surface area contributed by atoms with Crippen molar-refractivity contribution in [3.63, 3.8) is 0 Å². The molecular formula is C29H26ClN3O2. The van der Waals surface area contributed by atoms with Crippen LogP contribution in [0, 0.1) is 17.2 Å². The van der Waals surface area contributed by atoms with Crippen LogP contribution in [0.5, 0.6) is 0 Å². The maximum Gasteiger partial charge on any atom is 0.232 e. The van der Waals surface area contributed by atoms with Gasteiger partial charge in [0.1, 0.15) is 17.4 Å². The molecule has 0 saturated heterocycles. The normalized spacial score (nSPS) is 16.2. The molecule has 4 rings (SSSR count). The Labute approximate surface area is 210 Å². The van der Waals surface area contributed by atoms with Crippen LogP contribution >= 0.6 is 11.6 Å². The maximum absolute atomic E-state index is 13.1. The number of amides is 1. The number of allylic oxidation sites excluding steroid dienone is 2. The molecule has 2 unspecified atom stereocenters. The number of nitrogens with one attached hydrogen (secondary N) is 1. The molecule has 0 aromatic heterocycles. The lowest BCUT2D eigenvalue weighted by Crippen LogP contribution is -2.25. The van der Waals surface area contributed by atoms with Crippen LogP contribution in [0.3, 0.4) is 0 Å². The van der Waals surface area contributed by atoms with Gasteiger partial charge in [0.15, 0.2) is 0 Å². The highest BCUT2D eigenvalue weighted by Crippen LogP contribution is 2.36. The first-order valence-electron chi connectivity index (χ1n) is 11.4. The van der Waals surface area contributed by atoms with E-state index in [1.54, 1.807) is 12.1 Å². The first-order valence-corrected chi connectivity index (χ1v) is 11.8. The first-order chi connectivity index (χ1) is 16.9. The molecule has 1 aliphatic rings. The van der Waals surface area contributed by atoms with Gasteiger partial charge in [-0.25, -0.2) is 0 Å². The van der Waals surface area contributed by atoms with E-state index in [1.165, 1.54) is 0 Å². The zero-order valence-electron chi connectivity index (χ0n) is 19.5. The number of benzene rings is 3. The van der Waals surface area contributed by atoms with Crippen molar-refractivity contribution >= 4 is 29.0 Å². The predicted molar refractivity (Wildman–Crippen MR) is 139 cm³/mol. The highest BCUT2D eigenvalue weighted by atomic mass is 35.5. The smallest absolute Gasteiger partial charge is 0.232 e. The SMILES string of the molecule is CC(C)C(C(=O)Nc1ccc(C2=CC(c3ccccc3)C(C#N)=C(N)O2)cc1)c1ccc(Cl)cc1. The number of nitriles is 1. The second kappa shape index (κ2) is 10.5. The number of anilines is 1. The molecule has 3 aromatic rings. The number of ether oxygens (including phenoxy) is 1. The summed E-state index contributed by atoms with van der Waals surface area (Å²) in [7, 11) is 0. The summed E-state index contributed by atoms with van der Waals surface area (Å²) < 4.78 is 5.78. The van der Waals surface area contributed by atoms with Crippen LogP contribution in [0.2, 0.25) is 5.02 Å². The molecule has 0 radical (unpaired) electrons. The number of carbonyl (C=O) groups excluding carboxylic acids is 1. The van der Waals surface area contributed by atoms with E-state index in [2.05, 4.69) is 11.4 Å².